The molecule has 0 aliphatic carbocycles. The Kier molecular flexibility index (Phi) is 4.66. The number of hydrogen-bond acceptors (Lipinski definition) is 4. The number of carboxylic acid groups (broad SMARTS) is 1. The number of aliphatic carboxylic acids is 1. The molecule has 2 saturated heterocycles. The Morgan fingerprint density at radius 1 is 1.24 bits per heavy atom. The second kappa shape index (κ2) is 6.30. The third-order valence-corrected chi connectivity index (χ3v) is 4.13. The maximum absolute atomic E-state index is 12.7. The normalized spacial score (nSPS) is 30.0. The van der Waals surface area contributed by atoms with Crippen molar-refractivity contribution in [2.45, 2.75) is 31.8 Å². The molecule has 3 unspecified atom stereocenters. The average Bonchev–Trinajstić information content (AvgIpc) is 2.45. The van der Waals surface area contributed by atoms with Gasteiger partial charge < -0.3 is 25.4 Å². The fourth-order valence-corrected chi connectivity index (χ4v) is 3.01. The molecule has 2 heterocycles. The van der Waals surface area contributed by atoms with Crippen LogP contribution in [0, 0.1) is 5.92 Å². The van der Waals surface area contributed by atoms with Crippen LogP contribution in [0.2, 0.25) is 0 Å². The Bertz CT molecular complexity index is 442. The van der Waals surface area contributed by atoms with E-state index in [-0.39, 0.29) is 19.1 Å². The van der Waals surface area contributed by atoms with E-state index in [2.05, 4.69) is 0 Å². The molecule has 0 aromatic carbocycles. The second-order valence-corrected chi connectivity index (χ2v) is 5.57. The number of piperidine rings is 1. The molecule has 0 bridgehead atoms. The first kappa shape index (κ1) is 15.6. The summed E-state index contributed by atoms with van der Waals surface area (Å²) in [5.74, 6) is -1.77. The second-order valence-electron chi connectivity index (χ2n) is 5.57. The minimum absolute atomic E-state index is 0.0577. The third-order valence-electron chi connectivity index (χ3n) is 4.13. The predicted octanol–water partition coefficient (Wildman–Crippen LogP) is -0.522. The molecule has 0 spiro atoms. The summed E-state index contributed by atoms with van der Waals surface area (Å²) in [5, 5.41) is 9.37. The molecule has 2 aliphatic rings. The van der Waals surface area contributed by atoms with Gasteiger partial charge in [0.1, 0.15) is 12.1 Å². The molecular formula is C13H21N3O5. The number of urea groups is 1. The fourth-order valence-electron chi connectivity index (χ4n) is 3.01. The molecule has 0 aromatic heterocycles. The Morgan fingerprint density at radius 2 is 1.95 bits per heavy atom. The van der Waals surface area contributed by atoms with E-state index in [1.165, 1.54) is 9.80 Å². The lowest BCUT2D eigenvalue weighted by Gasteiger charge is -2.42. The van der Waals surface area contributed by atoms with Gasteiger partial charge in [-0.25, -0.2) is 9.59 Å². The van der Waals surface area contributed by atoms with Crippen molar-refractivity contribution in [1.82, 2.24) is 9.80 Å². The zero-order valence-corrected chi connectivity index (χ0v) is 12.0. The number of rotatable bonds is 2. The van der Waals surface area contributed by atoms with Crippen LogP contribution >= 0.6 is 0 Å². The van der Waals surface area contributed by atoms with Crippen LogP contribution in [0.3, 0.4) is 0 Å². The Morgan fingerprint density at radius 3 is 2.57 bits per heavy atom. The Balaban J connectivity index is 2.19. The first-order valence-corrected chi connectivity index (χ1v) is 7.10. The summed E-state index contributed by atoms with van der Waals surface area (Å²) < 4.78 is 5.18. The van der Waals surface area contributed by atoms with Crippen LogP contribution in [0.5, 0.6) is 0 Å². The number of nitrogens with two attached hydrogens (primary N) is 1. The Labute approximate surface area is 122 Å². The molecule has 21 heavy (non-hydrogen) atoms. The van der Waals surface area contributed by atoms with Gasteiger partial charge in [-0.2, -0.15) is 0 Å². The Hall–Kier alpha value is -1.83. The van der Waals surface area contributed by atoms with E-state index in [4.69, 9.17) is 10.5 Å². The van der Waals surface area contributed by atoms with Crippen LogP contribution in [-0.2, 0) is 14.3 Å². The lowest BCUT2D eigenvalue weighted by atomic mass is 9.91. The highest BCUT2D eigenvalue weighted by molar-refractivity contribution is 5.88. The molecule has 2 aliphatic heterocycles. The minimum atomic E-state index is -1.01. The first-order valence-electron chi connectivity index (χ1n) is 7.10. The molecule has 2 rings (SSSR count). The van der Waals surface area contributed by atoms with Gasteiger partial charge in [0.05, 0.1) is 13.2 Å². The van der Waals surface area contributed by atoms with E-state index in [9.17, 15) is 19.5 Å². The maximum Gasteiger partial charge on any atom is 0.326 e. The maximum atomic E-state index is 12.7. The van der Waals surface area contributed by atoms with Gasteiger partial charge in [0.2, 0.25) is 5.91 Å². The topological polar surface area (TPSA) is 113 Å². The summed E-state index contributed by atoms with van der Waals surface area (Å²) in [6, 6.07) is -2.14. The summed E-state index contributed by atoms with van der Waals surface area (Å²) in [5.41, 5.74) is 5.30. The lowest BCUT2D eigenvalue weighted by molar-refractivity contribution is -0.145. The van der Waals surface area contributed by atoms with Crippen LogP contribution in [0.1, 0.15) is 19.8 Å². The number of ether oxygens (including phenoxy) is 1. The van der Waals surface area contributed by atoms with Gasteiger partial charge in [-0.1, -0.05) is 6.92 Å². The van der Waals surface area contributed by atoms with Crippen molar-refractivity contribution in [2.75, 3.05) is 26.3 Å². The van der Waals surface area contributed by atoms with Gasteiger partial charge >= 0.3 is 12.0 Å². The van der Waals surface area contributed by atoms with Crippen LogP contribution in [0.15, 0.2) is 0 Å². The van der Waals surface area contributed by atoms with E-state index in [0.717, 1.165) is 12.8 Å². The number of hydrogen-bond donors (Lipinski definition) is 2. The van der Waals surface area contributed by atoms with E-state index in [1.807, 2.05) is 6.92 Å². The summed E-state index contributed by atoms with van der Waals surface area (Å²) in [6.45, 7) is 2.81. The lowest BCUT2D eigenvalue weighted by Crippen LogP contribution is -2.62. The number of primary amides is 1. The first-order chi connectivity index (χ1) is 9.93. The number of morpholine rings is 1. The summed E-state index contributed by atoms with van der Waals surface area (Å²) in [4.78, 5) is 38.2. The fraction of sp³-hybridized carbons (Fsp3) is 0.769. The van der Waals surface area contributed by atoms with E-state index >= 15 is 0 Å². The van der Waals surface area contributed by atoms with Crippen molar-refractivity contribution >= 4 is 17.9 Å². The molecule has 118 valence electrons. The van der Waals surface area contributed by atoms with Crippen molar-refractivity contribution in [3.63, 3.8) is 0 Å². The van der Waals surface area contributed by atoms with Crippen LogP contribution in [0.4, 0.5) is 4.79 Å². The largest absolute Gasteiger partial charge is 0.480 e. The molecule has 0 aromatic rings. The number of carbonyl (C=O) groups is 3. The molecule has 8 nitrogen and oxygen atoms in total. The smallest absolute Gasteiger partial charge is 0.326 e. The predicted molar refractivity (Wildman–Crippen MR) is 72.4 cm³/mol. The number of carbonyl (C=O) groups excluding carboxylic acids is 2. The zero-order chi connectivity index (χ0) is 15.6. The SMILES string of the molecule is CC1CCCN(C(=O)N2CCOCC2C(N)=O)C1C(=O)O. The number of carboxylic acids is 1. The summed E-state index contributed by atoms with van der Waals surface area (Å²) in [6.07, 6.45) is 1.52. The molecule has 0 radical (unpaired) electrons. The molecule has 0 saturated carbocycles. The monoisotopic (exact) mass is 299 g/mol. The van der Waals surface area contributed by atoms with Gasteiger partial charge in [-0.3, -0.25) is 4.79 Å². The number of nitrogens with zero attached hydrogens (tertiary/aromatic N) is 2. The van der Waals surface area contributed by atoms with Crippen LogP contribution < -0.4 is 5.73 Å². The summed E-state index contributed by atoms with van der Waals surface area (Å²) >= 11 is 0. The zero-order valence-electron chi connectivity index (χ0n) is 12.0. The van der Waals surface area contributed by atoms with Gasteiger partial charge in [-0.05, 0) is 18.8 Å². The molecule has 3 N–H and O–H groups in total. The third kappa shape index (κ3) is 3.10. The van der Waals surface area contributed by atoms with Crippen molar-refractivity contribution in [1.29, 1.82) is 0 Å². The molecule has 2 fully saturated rings. The highest BCUT2D eigenvalue weighted by atomic mass is 16.5. The van der Waals surface area contributed by atoms with E-state index in [1.54, 1.807) is 0 Å². The number of amides is 3. The van der Waals surface area contributed by atoms with Gasteiger partial charge in [0.25, 0.3) is 0 Å². The minimum Gasteiger partial charge on any atom is -0.480 e. The van der Waals surface area contributed by atoms with Crippen molar-refractivity contribution < 1.29 is 24.2 Å². The molecule has 3 amide bonds. The molecule has 3 atom stereocenters. The highest BCUT2D eigenvalue weighted by Crippen LogP contribution is 2.25. The van der Waals surface area contributed by atoms with Gasteiger partial charge in [0, 0.05) is 13.1 Å². The quantitative estimate of drug-likeness (QED) is 0.712. The molecule has 8 heteroatoms. The van der Waals surface area contributed by atoms with E-state index < -0.39 is 30.0 Å². The van der Waals surface area contributed by atoms with Gasteiger partial charge in [0.15, 0.2) is 0 Å². The highest BCUT2D eigenvalue weighted by Gasteiger charge is 2.41. The summed E-state index contributed by atoms with van der Waals surface area (Å²) in [7, 11) is 0. The van der Waals surface area contributed by atoms with Crippen LogP contribution in [0.25, 0.3) is 0 Å². The van der Waals surface area contributed by atoms with Crippen LogP contribution in [-0.4, -0.2) is 71.2 Å². The standard InChI is InChI=1S/C13H21N3O5/c1-8-3-2-4-16(10(8)12(18)19)13(20)15-5-6-21-7-9(15)11(14)17/h8-10H,2-7H2,1H3,(H2,14,17)(H,18,19). The van der Waals surface area contributed by atoms with Gasteiger partial charge in [-0.15, -0.1) is 0 Å². The van der Waals surface area contributed by atoms with Crippen molar-refractivity contribution in [3.05, 3.63) is 0 Å². The average molecular weight is 299 g/mol. The van der Waals surface area contributed by atoms with E-state index in [0.29, 0.717) is 13.2 Å². The van der Waals surface area contributed by atoms with Crippen molar-refractivity contribution in [2.24, 2.45) is 11.7 Å². The van der Waals surface area contributed by atoms with Crippen molar-refractivity contribution in [3.8, 4) is 0 Å². The molecular weight excluding hydrogens is 278 g/mol. The number of likely N-dealkylation sites (tertiary alicyclic amines) is 1.